The highest BCUT2D eigenvalue weighted by atomic mass is 35.5. The van der Waals surface area contributed by atoms with Crippen LogP contribution >= 0.6 is 22.9 Å². The summed E-state index contributed by atoms with van der Waals surface area (Å²) in [4.78, 5) is 16.8. The minimum Gasteiger partial charge on any atom is -0.322 e. The van der Waals surface area contributed by atoms with Crippen LogP contribution in [0, 0.1) is 0 Å². The Hall–Kier alpha value is -2.94. The molecule has 0 bridgehead atoms. The zero-order valence-electron chi connectivity index (χ0n) is 14.8. The summed E-state index contributed by atoms with van der Waals surface area (Å²) in [7, 11) is -3.71. The van der Waals surface area contributed by atoms with E-state index in [2.05, 4.69) is 15.0 Å². The molecule has 6 nitrogen and oxygen atoms in total. The molecular formula is C20H14ClN3O3S2. The Labute approximate surface area is 176 Å². The van der Waals surface area contributed by atoms with Crippen molar-refractivity contribution in [2.24, 2.45) is 0 Å². The summed E-state index contributed by atoms with van der Waals surface area (Å²) in [6.07, 6.45) is 0. The van der Waals surface area contributed by atoms with Crippen molar-refractivity contribution in [2.75, 3.05) is 10.0 Å². The maximum absolute atomic E-state index is 12.5. The summed E-state index contributed by atoms with van der Waals surface area (Å²) < 4.78 is 28.2. The predicted molar refractivity (Wildman–Crippen MR) is 116 cm³/mol. The third-order valence-corrected chi connectivity index (χ3v) is 6.70. The van der Waals surface area contributed by atoms with Gasteiger partial charge in [-0.05, 0) is 54.6 Å². The Morgan fingerprint density at radius 2 is 1.69 bits per heavy atom. The van der Waals surface area contributed by atoms with Gasteiger partial charge in [0, 0.05) is 16.3 Å². The number of hydrogen-bond acceptors (Lipinski definition) is 5. The van der Waals surface area contributed by atoms with Crippen molar-refractivity contribution in [3.8, 4) is 0 Å². The molecule has 3 aromatic carbocycles. The van der Waals surface area contributed by atoms with Crippen molar-refractivity contribution >= 4 is 59.9 Å². The fourth-order valence-corrected chi connectivity index (χ4v) is 4.91. The second-order valence-corrected chi connectivity index (χ2v) is 9.23. The van der Waals surface area contributed by atoms with Crippen molar-refractivity contribution in [3.05, 3.63) is 83.4 Å². The molecule has 0 aliphatic rings. The second-order valence-electron chi connectivity index (χ2n) is 6.08. The summed E-state index contributed by atoms with van der Waals surface area (Å²) in [5.41, 5.74) is 1.69. The van der Waals surface area contributed by atoms with Gasteiger partial charge in [-0.1, -0.05) is 41.1 Å². The molecule has 0 aliphatic carbocycles. The smallest absolute Gasteiger partial charge is 0.263 e. The highest BCUT2D eigenvalue weighted by molar-refractivity contribution is 7.93. The lowest BCUT2D eigenvalue weighted by Gasteiger charge is -2.05. The molecule has 4 rings (SSSR count). The van der Waals surface area contributed by atoms with E-state index >= 15 is 0 Å². The van der Waals surface area contributed by atoms with Gasteiger partial charge in [0.2, 0.25) is 0 Å². The largest absolute Gasteiger partial charge is 0.322 e. The monoisotopic (exact) mass is 443 g/mol. The fraction of sp³-hybridized carbons (Fsp3) is 0. The molecule has 0 saturated carbocycles. The first kappa shape index (κ1) is 19.4. The highest BCUT2D eigenvalue weighted by Crippen LogP contribution is 2.30. The molecule has 146 valence electrons. The Morgan fingerprint density at radius 3 is 2.41 bits per heavy atom. The number of halogens is 1. The number of hydrogen-bond donors (Lipinski definition) is 2. The third kappa shape index (κ3) is 4.40. The summed E-state index contributed by atoms with van der Waals surface area (Å²) in [6.45, 7) is 0. The van der Waals surface area contributed by atoms with Crippen LogP contribution in [0.4, 0.5) is 10.8 Å². The lowest BCUT2D eigenvalue weighted by molar-refractivity contribution is 0.102. The van der Waals surface area contributed by atoms with E-state index in [1.807, 2.05) is 0 Å². The molecular weight excluding hydrogens is 430 g/mol. The molecule has 1 aromatic heterocycles. The number of sulfonamides is 1. The highest BCUT2D eigenvalue weighted by Gasteiger charge is 2.16. The number of fused-ring (bicyclic) bond motifs is 1. The average Bonchev–Trinajstić information content (AvgIpc) is 3.10. The Morgan fingerprint density at radius 1 is 0.966 bits per heavy atom. The molecule has 29 heavy (non-hydrogen) atoms. The van der Waals surface area contributed by atoms with Crippen LogP contribution in [0.3, 0.4) is 0 Å². The molecule has 1 amide bonds. The van der Waals surface area contributed by atoms with Crippen LogP contribution in [0.15, 0.2) is 77.7 Å². The van der Waals surface area contributed by atoms with Gasteiger partial charge in [0.25, 0.3) is 15.9 Å². The number of thiazole rings is 1. The van der Waals surface area contributed by atoms with Crippen LogP contribution in [0.5, 0.6) is 0 Å². The minimum absolute atomic E-state index is 0.162. The fourth-order valence-electron chi connectivity index (χ4n) is 2.62. The molecule has 9 heteroatoms. The molecule has 0 spiro atoms. The van der Waals surface area contributed by atoms with E-state index < -0.39 is 10.0 Å². The molecule has 0 saturated heterocycles. The van der Waals surface area contributed by atoms with Gasteiger partial charge in [0.05, 0.1) is 15.1 Å². The molecule has 0 aliphatic heterocycles. The Balaban J connectivity index is 1.55. The maximum Gasteiger partial charge on any atom is 0.263 e. The van der Waals surface area contributed by atoms with E-state index in [9.17, 15) is 13.2 Å². The van der Waals surface area contributed by atoms with E-state index in [0.717, 1.165) is 4.70 Å². The zero-order valence-corrected chi connectivity index (χ0v) is 17.2. The number of anilines is 2. The van der Waals surface area contributed by atoms with E-state index in [4.69, 9.17) is 11.6 Å². The number of carbonyl (C=O) groups excluding carboxylic acids is 1. The quantitative estimate of drug-likeness (QED) is 0.454. The van der Waals surface area contributed by atoms with Gasteiger partial charge in [0.1, 0.15) is 0 Å². The molecule has 0 unspecified atom stereocenters. The number of amides is 1. The number of carbonyl (C=O) groups is 1. The average molecular weight is 444 g/mol. The molecule has 0 atom stereocenters. The SMILES string of the molecule is O=C(Nc1ccc2nc(NS(=O)(=O)c3ccccc3)sc2c1)c1ccc(Cl)cc1. The number of rotatable bonds is 5. The van der Waals surface area contributed by atoms with E-state index in [-0.39, 0.29) is 15.9 Å². The summed E-state index contributed by atoms with van der Waals surface area (Å²) in [6, 6.07) is 19.8. The number of aromatic nitrogens is 1. The van der Waals surface area contributed by atoms with Crippen LogP contribution < -0.4 is 10.0 Å². The number of nitrogens with one attached hydrogen (secondary N) is 2. The van der Waals surface area contributed by atoms with Crippen molar-refractivity contribution in [2.45, 2.75) is 4.90 Å². The van der Waals surface area contributed by atoms with Crippen molar-refractivity contribution in [1.82, 2.24) is 4.98 Å². The van der Waals surface area contributed by atoms with Crippen molar-refractivity contribution in [3.63, 3.8) is 0 Å². The molecule has 0 fully saturated rings. The van der Waals surface area contributed by atoms with E-state index in [0.29, 0.717) is 21.8 Å². The normalized spacial score (nSPS) is 11.3. The first-order valence-electron chi connectivity index (χ1n) is 8.46. The van der Waals surface area contributed by atoms with Crippen LogP contribution in [-0.2, 0) is 10.0 Å². The number of nitrogens with zero attached hydrogens (tertiary/aromatic N) is 1. The van der Waals surface area contributed by atoms with Gasteiger partial charge in [-0.25, -0.2) is 13.4 Å². The lowest BCUT2D eigenvalue weighted by atomic mass is 10.2. The summed E-state index contributed by atoms with van der Waals surface area (Å²) in [5.74, 6) is -0.268. The second kappa shape index (κ2) is 7.82. The number of benzene rings is 3. The van der Waals surface area contributed by atoms with E-state index in [1.54, 1.807) is 60.7 Å². The Kier molecular flexibility index (Phi) is 5.23. The topological polar surface area (TPSA) is 88.2 Å². The molecule has 2 N–H and O–H groups in total. The van der Waals surface area contributed by atoms with Gasteiger partial charge in [-0.15, -0.1) is 0 Å². The summed E-state index contributed by atoms with van der Waals surface area (Å²) in [5, 5.41) is 3.62. The zero-order chi connectivity index (χ0) is 20.4. The standard InChI is InChI=1S/C20H14ClN3O3S2/c21-14-8-6-13(7-9-14)19(25)22-15-10-11-17-18(12-15)28-20(23-17)24-29(26,27)16-4-2-1-3-5-16/h1-12H,(H,22,25)(H,23,24). The van der Waals surface area contributed by atoms with Crippen molar-refractivity contribution < 1.29 is 13.2 Å². The summed E-state index contributed by atoms with van der Waals surface area (Å²) >= 11 is 7.03. The van der Waals surface area contributed by atoms with Gasteiger partial charge >= 0.3 is 0 Å². The van der Waals surface area contributed by atoms with Gasteiger partial charge in [0.15, 0.2) is 5.13 Å². The molecule has 4 aromatic rings. The van der Waals surface area contributed by atoms with Gasteiger partial charge in [-0.2, -0.15) is 0 Å². The van der Waals surface area contributed by atoms with Crippen LogP contribution in [0.2, 0.25) is 5.02 Å². The van der Waals surface area contributed by atoms with E-state index in [1.165, 1.54) is 23.5 Å². The maximum atomic E-state index is 12.5. The Bertz CT molecular complexity index is 1290. The third-order valence-electron chi connectivity index (χ3n) is 4.03. The van der Waals surface area contributed by atoms with Crippen LogP contribution in [0.1, 0.15) is 10.4 Å². The molecule has 0 radical (unpaired) electrons. The van der Waals surface area contributed by atoms with Gasteiger partial charge in [-0.3, -0.25) is 9.52 Å². The van der Waals surface area contributed by atoms with Crippen LogP contribution in [-0.4, -0.2) is 19.3 Å². The predicted octanol–water partition coefficient (Wildman–Crippen LogP) is 5.00. The first-order chi connectivity index (χ1) is 13.9. The molecule has 1 heterocycles. The van der Waals surface area contributed by atoms with Crippen molar-refractivity contribution in [1.29, 1.82) is 0 Å². The van der Waals surface area contributed by atoms with Crippen LogP contribution in [0.25, 0.3) is 10.2 Å². The lowest BCUT2D eigenvalue weighted by Crippen LogP contribution is -2.12. The first-order valence-corrected chi connectivity index (χ1v) is 11.1. The van der Waals surface area contributed by atoms with Gasteiger partial charge < -0.3 is 5.32 Å². The minimum atomic E-state index is -3.71.